The number of fused-ring (bicyclic) bond motifs is 1. The topological polar surface area (TPSA) is 40.7 Å². The molecule has 74 valence electrons. The summed E-state index contributed by atoms with van der Waals surface area (Å²) >= 11 is 0. The summed E-state index contributed by atoms with van der Waals surface area (Å²) in [6, 6.07) is 6.21. The van der Waals surface area contributed by atoms with E-state index < -0.39 is 0 Å². The van der Waals surface area contributed by atoms with Gasteiger partial charge in [0, 0.05) is 16.6 Å². The van der Waals surface area contributed by atoms with Crippen LogP contribution in [0.2, 0.25) is 0 Å². The second kappa shape index (κ2) is 3.01. The fourth-order valence-corrected chi connectivity index (χ4v) is 1.45. The smallest absolute Gasteiger partial charge is 0.0670 e. The minimum Gasteiger partial charge on any atom is -0.380 e. The van der Waals surface area contributed by atoms with Gasteiger partial charge in [-0.2, -0.15) is 5.10 Å². The number of H-pyrrole nitrogens is 1. The molecule has 0 amide bonds. The molecule has 0 spiro atoms. The molecule has 1 heterocycles. The lowest BCUT2D eigenvalue weighted by molar-refractivity contribution is 0.634. The Hall–Kier alpha value is -1.51. The van der Waals surface area contributed by atoms with E-state index in [0.29, 0.717) is 0 Å². The summed E-state index contributed by atoms with van der Waals surface area (Å²) in [7, 11) is 0. The number of hydrogen-bond donors (Lipinski definition) is 2. The van der Waals surface area contributed by atoms with Crippen molar-refractivity contribution in [1.82, 2.24) is 10.2 Å². The number of aromatic nitrogens is 2. The molecule has 3 nitrogen and oxygen atoms in total. The number of nitrogens with one attached hydrogen (secondary N) is 2. The Labute approximate surface area is 83.5 Å². The van der Waals surface area contributed by atoms with Crippen LogP contribution in [0.1, 0.15) is 20.8 Å². The molecule has 0 aliphatic rings. The van der Waals surface area contributed by atoms with E-state index in [-0.39, 0.29) is 5.54 Å². The Morgan fingerprint density at radius 2 is 2.07 bits per heavy atom. The Balaban J connectivity index is 2.35. The predicted octanol–water partition coefficient (Wildman–Crippen LogP) is 2.77. The van der Waals surface area contributed by atoms with Crippen molar-refractivity contribution in [2.45, 2.75) is 26.3 Å². The minimum absolute atomic E-state index is 0.0910. The van der Waals surface area contributed by atoms with Crippen molar-refractivity contribution >= 4 is 16.6 Å². The fraction of sp³-hybridized carbons (Fsp3) is 0.364. The van der Waals surface area contributed by atoms with Crippen LogP contribution in [0.15, 0.2) is 24.4 Å². The molecule has 0 radical (unpaired) electrons. The van der Waals surface area contributed by atoms with Crippen molar-refractivity contribution in [3.05, 3.63) is 24.4 Å². The van der Waals surface area contributed by atoms with E-state index in [2.05, 4.69) is 54.5 Å². The van der Waals surface area contributed by atoms with Crippen LogP contribution < -0.4 is 5.32 Å². The molecule has 14 heavy (non-hydrogen) atoms. The molecule has 0 saturated heterocycles. The first-order valence-electron chi connectivity index (χ1n) is 4.76. The van der Waals surface area contributed by atoms with Crippen LogP contribution in [-0.2, 0) is 0 Å². The Morgan fingerprint density at radius 3 is 2.79 bits per heavy atom. The maximum Gasteiger partial charge on any atom is 0.0670 e. The number of rotatable bonds is 1. The Bertz CT molecular complexity index is 437. The summed E-state index contributed by atoms with van der Waals surface area (Å²) in [5.74, 6) is 0. The van der Waals surface area contributed by atoms with Crippen molar-refractivity contribution in [2.24, 2.45) is 0 Å². The molecule has 0 unspecified atom stereocenters. The Morgan fingerprint density at radius 1 is 1.29 bits per heavy atom. The molecule has 0 atom stereocenters. The Kier molecular flexibility index (Phi) is 1.95. The lowest BCUT2D eigenvalue weighted by Crippen LogP contribution is -2.25. The van der Waals surface area contributed by atoms with Crippen LogP contribution in [0.4, 0.5) is 5.69 Å². The lowest BCUT2D eigenvalue weighted by Gasteiger charge is -2.22. The highest BCUT2D eigenvalue weighted by molar-refractivity contribution is 5.81. The average molecular weight is 189 g/mol. The third-order valence-corrected chi connectivity index (χ3v) is 1.96. The molecule has 1 aromatic heterocycles. The number of hydrogen-bond acceptors (Lipinski definition) is 2. The number of aromatic amines is 1. The van der Waals surface area contributed by atoms with E-state index in [1.54, 1.807) is 0 Å². The van der Waals surface area contributed by atoms with Crippen LogP contribution in [0, 0.1) is 0 Å². The van der Waals surface area contributed by atoms with E-state index in [9.17, 15) is 0 Å². The van der Waals surface area contributed by atoms with Gasteiger partial charge in [-0.15, -0.1) is 0 Å². The van der Waals surface area contributed by atoms with Crippen LogP contribution in [0.5, 0.6) is 0 Å². The highest BCUT2D eigenvalue weighted by Crippen LogP contribution is 2.19. The summed E-state index contributed by atoms with van der Waals surface area (Å²) in [6.07, 6.45) is 1.83. The van der Waals surface area contributed by atoms with Crippen LogP contribution in [0.25, 0.3) is 10.9 Å². The monoisotopic (exact) mass is 189 g/mol. The highest BCUT2D eigenvalue weighted by atomic mass is 15.1. The summed E-state index contributed by atoms with van der Waals surface area (Å²) in [4.78, 5) is 0. The second-order valence-corrected chi connectivity index (χ2v) is 4.55. The molecule has 0 aliphatic carbocycles. The van der Waals surface area contributed by atoms with E-state index in [0.717, 1.165) is 16.6 Å². The molecule has 2 aromatic rings. The summed E-state index contributed by atoms with van der Waals surface area (Å²) < 4.78 is 0. The van der Waals surface area contributed by atoms with Gasteiger partial charge >= 0.3 is 0 Å². The quantitative estimate of drug-likeness (QED) is 0.724. The molecule has 0 aliphatic heterocycles. The van der Waals surface area contributed by atoms with Crippen LogP contribution in [-0.4, -0.2) is 15.7 Å². The standard InChI is InChI=1S/C11H15N3/c1-11(2,3)13-9-5-4-8-7-12-14-10(8)6-9/h4-7,13H,1-3H3,(H,12,14). The van der Waals surface area contributed by atoms with E-state index in [4.69, 9.17) is 0 Å². The molecular formula is C11H15N3. The van der Waals surface area contributed by atoms with Crippen molar-refractivity contribution in [3.8, 4) is 0 Å². The van der Waals surface area contributed by atoms with E-state index in [1.165, 1.54) is 0 Å². The molecule has 3 heteroatoms. The molecular weight excluding hydrogens is 174 g/mol. The van der Waals surface area contributed by atoms with Crippen molar-refractivity contribution in [3.63, 3.8) is 0 Å². The van der Waals surface area contributed by atoms with Gasteiger partial charge in [-0.05, 0) is 39.0 Å². The first kappa shape index (κ1) is 9.06. The molecule has 0 fully saturated rings. The van der Waals surface area contributed by atoms with Gasteiger partial charge in [0.1, 0.15) is 0 Å². The summed E-state index contributed by atoms with van der Waals surface area (Å²) in [6.45, 7) is 6.43. The largest absolute Gasteiger partial charge is 0.380 e. The zero-order chi connectivity index (χ0) is 10.2. The number of nitrogens with zero attached hydrogens (tertiary/aromatic N) is 1. The van der Waals surface area contributed by atoms with Gasteiger partial charge in [0.2, 0.25) is 0 Å². The first-order chi connectivity index (χ1) is 6.54. The van der Waals surface area contributed by atoms with E-state index in [1.807, 2.05) is 6.20 Å². The third kappa shape index (κ3) is 1.87. The normalized spacial score (nSPS) is 11.9. The average Bonchev–Trinajstić information content (AvgIpc) is 2.47. The summed E-state index contributed by atoms with van der Waals surface area (Å²) in [5.41, 5.74) is 2.28. The summed E-state index contributed by atoms with van der Waals surface area (Å²) in [5, 5.41) is 11.5. The molecule has 0 bridgehead atoms. The predicted molar refractivity (Wildman–Crippen MR) is 59.5 cm³/mol. The SMILES string of the molecule is CC(C)(C)Nc1ccc2cn[nH]c2c1. The molecule has 2 N–H and O–H groups in total. The van der Waals surface area contributed by atoms with Gasteiger partial charge in [-0.3, -0.25) is 5.10 Å². The number of benzene rings is 1. The second-order valence-electron chi connectivity index (χ2n) is 4.55. The molecule has 0 saturated carbocycles. The van der Waals surface area contributed by atoms with Gasteiger partial charge in [-0.25, -0.2) is 0 Å². The van der Waals surface area contributed by atoms with Gasteiger partial charge < -0.3 is 5.32 Å². The number of anilines is 1. The maximum absolute atomic E-state index is 3.99. The van der Waals surface area contributed by atoms with Gasteiger partial charge in [0.15, 0.2) is 0 Å². The molecule has 1 aromatic carbocycles. The van der Waals surface area contributed by atoms with Gasteiger partial charge in [0.05, 0.1) is 11.7 Å². The van der Waals surface area contributed by atoms with Crippen molar-refractivity contribution in [1.29, 1.82) is 0 Å². The maximum atomic E-state index is 3.99. The zero-order valence-electron chi connectivity index (χ0n) is 8.76. The lowest BCUT2D eigenvalue weighted by atomic mass is 10.1. The zero-order valence-corrected chi connectivity index (χ0v) is 8.76. The van der Waals surface area contributed by atoms with Crippen molar-refractivity contribution < 1.29 is 0 Å². The first-order valence-corrected chi connectivity index (χ1v) is 4.76. The van der Waals surface area contributed by atoms with Crippen molar-refractivity contribution in [2.75, 3.05) is 5.32 Å². The third-order valence-electron chi connectivity index (χ3n) is 1.96. The fourth-order valence-electron chi connectivity index (χ4n) is 1.45. The van der Waals surface area contributed by atoms with Gasteiger partial charge in [0.25, 0.3) is 0 Å². The minimum atomic E-state index is 0.0910. The van der Waals surface area contributed by atoms with Gasteiger partial charge in [-0.1, -0.05) is 0 Å². The molecule has 2 rings (SSSR count). The highest BCUT2D eigenvalue weighted by Gasteiger charge is 2.09. The van der Waals surface area contributed by atoms with E-state index >= 15 is 0 Å². The van der Waals surface area contributed by atoms with Crippen LogP contribution in [0.3, 0.4) is 0 Å². The van der Waals surface area contributed by atoms with Crippen LogP contribution >= 0.6 is 0 Å².